The summed E-state index contributed by atoms with van der Waals surface area (Å²) in [5.74, 6) is 5.00. The van der Waals surface area contributed by atoms with Crippen LogP contribution in [-0.4, -0.2) is 8.42 Å². The van der Waals surface area contributed by atoms with E-state index in [9.17, 15) is 8.42 Å². The van der Waals surface area contributed by atoms with Crippen molar-refractivity contribution in [2.75, 3.05) is 0 Å². The van der Waals surface area contributed by atoms with Gasteiger partial charge in [0.15, 0.2) is 0 Å². The Kier molecular flexibility index (Phi) is 4.26. The fourth-order valence-electron chi connectivity index (χ4n) is 1.40. The molecule has 3 N–H and O–H groups in total. The number of benzene rings is 1. The molecule has 0 amide bonds. The molecule has 0 fully saturated rings. The number of unbranched alkanes of at least 4 members (excludes halogenated alkanes) is 1. The van der Waals surface area contributed by atoms with Gasteiger partial charge in [0.1, 0.15) is 0 Å². The van der Waals surface area contributed by atoms with Crippen LogP contribution in [0, 0.1) is 0 Å². The number of hydrogen-bond acceptors (Lipinski definition) is 3. The summed E-state index contributed by atoms with van der Waals surface area (Å²) in [6.45, 7) is 2.07. The maximum absolute atomic E-state index is 11.5. The molecule has 0 bridgehead atoms. The molecule has 1 aromatic carbocycles. The second-order valence-electron chi connectivity index (χ2n) is 3.33. The molecule has 4 nitrogen and oxygen atoms in total. The minimum atomic E-state index is -3.53. The molecule has 1 aromatic rings. The van der Waals surface area contributed by atoms with Gasteiger partial charge in [-0.1, -0.05) is 31.5 Å². The zero-order valence-electron chi connectivity index (χ0n) is 8.73. The Morgan fingerprint density at radius 2 is 2.00 bits per heavy atom. The van der Waals surface area contributed by atoms with E-state index in [1.807, 2.05) is 17.0 Å². The van der Waals surface area contributed by atoms with E-state index >= 15 is 0 Å². The van der Waals surface area contributed by atoms with Crippen LogP contribution in [0.5, 0.6) is 0 Å². The monoisotopic (exact) mass is 228 g/mol. The van der Waals surface area contributed by atoms with Crippen molar-refractivity contribution in [3.63, 3.8) is 0 Å². The highest BCUT2D eigenvalue weighted by Crippen LogP contribution is 2.16. The lowest BCUT2D eigenvalue weighted by atomic mass is 10.1. The number of rotatable bonds is 5. The van der Waals surface area contributed by atoms with Crippen molar-refractivity contribution in [1.29, 1.82) is 0 Å². The van der Waals surface area contributed by atoms with E-state index in [0.29, 0.717) is 0 Å². The third-order valence-corrected chi connectivity index (χ3v) is 3.50. The zero-order valence-corrected chi connectivity index (χ0v) is 9.55. The van der Waals surface area contributed by atoms with Crippen LogP contribution in [-0.2, 0) is 16.4 Å². The molecule has 0 aromatic heterocycles. The molecule has 0 saturated carbocycles. The van der Waals surface area contributed by atoms with Gasteiger partial charge in [0.2, 0.25) is 0 Å². The van der Waals surface area contributed by atoms with Crippen molar-refractivity contribution in [1.82, 2.24) is 4.83 Å². The molecule has 0 saturated heterocycles. The minimum absolute atomic E-state index is 0.279. The van der Waals surface area contributed by atoms with E-state index in [4.69, 9.17) is 5.84 Å². The number of aryl methyl sites for hydroxylation is 1. The lowest BCUT2D eigenvalue weighted by Gasteiger charge is -2.08. The molecule has 1 rings (SSSR count). The highest BCUT2D eigenvalue weighted by molar-refractivity contribution is 7.89. The van der Waals surface area contributed by atoms with Crippen molar-refractivity contribution in [2.45, 2.75) is 31.1 Å². The molecule has 5 heteroatoms. The van der Waals surface area contributed by atoms with Crippen LogP contribution >= 0.6 is 0 Å². The fraction of sp³-hybridized carbons (Fsp3) is 0.400. The van der Waals surface area contributed by atoms with Crippen molar-refractivity contribution in [2.24, 2.45) is 5.84 Å². The molecular weight excluding hydrogens is 212 g/mol. The number of nitrogens with one attached hydrogen (secondary N) is 1. The Morgan fingerprint density at radius 3 is 2.60 bits per heavy atom. The Hall–Kier alpha value is -0.910. The summed E-state index contributed by atoms with van der Waals surface area (Å²) in [7, 11) is -3.53. The number of sulfonamides is 1. The highest BCUT2D eigenvalue weighted by atomic mass is 32.2. The first kappa shape index (κ1) is 12.2. The average Bonchev–Trinajstić information content (AvgIpc) is 2.26. The van der Waals surface area contributed by atoms with Crippen LogP contribution in [0.25, 0.3) is 0 Å². The van der Waals surface area contributed by atoms with Crippen LogP contribution in [0.15, 0.2) is 29.2 Å². The molecule has 0 aliphatic carbocycles. The zero-order chi connectivity index (χ0) is 11.3. The van der Waals surface area contributed by atoms with Gasteiger partial charge in [0.25, 0.3) is 10.0 Å². The van der Waals surface area contributed by atoms with Gasteiger partial charge in [0.05, 0.1) is 4.90 Å². The van der Waals surface area contributed by atoms with Crippen LogP contribution in [0.1, 0.15) is 25.3 Å². The molecule has 0 aliphatic heterocycles. The predicted octanol–water partition coefficient (Wildman–Crippen LogP) is 1.18. The first-order valence-electron chi connectivity index (χ1n) is 4.92. The van der Waals surface area contributed by atoms with Crippen LogP contribution in [0.4, 0.5) is 0 Å². The van der Waals surface area contributed by atoms with E-state index in [-0.39, 0.29) is 4.90 Å². The Labute approximate surface area is 90.5 Å². The van der Waals surface area contributed by atoms with Crippen molar-refractivity contribution in [3.05, 3.63) is 29.8 Å². The van der Waals surface area contributed by atoms with Gasteiger partial charge in [-0.2, -0.15) is 4.83 Å². The van der Waals surface area contributed by atoms with E-state index in [1.165, 1.54) is 0 Å². The van der Waals surface area contributed by atoms with Gasteiger partial charge in [-0.05, 0) is 24.5 Å². The normalized spacial score (nSPS) is 11.6. The number of hydrogen-bond donors (Lipinski definition) is 2. The molecule has 0 atom stereocenters. The summed E-state index contributed by atoms with van der Waals surface area (Å²) in [5, 5.41) is 0. The summed E-state index contributed by atoms with van der Waals surface area (Å²) in [4.78, 5) is 2.13. The average molecular weight is 228 g/mol. The molecular formula is C10H16N2O2S. The quantitative estimate of drug-likeness (QED) is 0.587. The van der Waals surface area contributed by atoms with Gasteiger partial charge < -0.3 is 0 Å². The van der Waals surface area contributed by atoms with E-state index in [2.05, 4.69) is 6.92 Å². The van der Waals surface area contributed by atoms with Crippen LogP contribution < -0.4 is 10.7 Å². The Morgan fingerprint density at radius 1 is 1.33 bits per heavy atom. The van der Waals surface area contributed by atoms with Crippen molar-refractivity contribution >= 4 is 10.0 Å². The predicted molar refractivity (Wildman–Crippen MR) is 59.6 cm³/mol. The van der Waals surface area contributed by atoms with Gasteiger partial charge in [-0.15, -0.1) is 0 Å². The first-order valence-corrected chi connectivity index (χ1v) is 6.40. The summed E-state index contributed by atoms with van der Waals surface area (Å²) in [6, 6.07) is 6.92. The van der Waals surface area contributed by atoms with Gasteiger partial charge in [-0.25, -0.2) is 8.42 Å². The molecule has 0 unspecified atom stereocenters. The summed E-state index contributed by atoms with van der Waals surface area (Å²) < 4.78 is 23.1. The highest BCUT2D eigenvalue weighted by Gasteiger charge is 2.15. The number of nitrogens with two attached hydrogens (primary N) is 1. The maximum Gasteiger partial charge on any atom is 0.253 e. The lowest BCUT2D eigenvalue weighted by Crippen LogP contribution is -2.30. The fourth-order valence-corrected chi connectivity index (χ4v) is 2.30. The molecule has 0 radical (unpaired) electrons. The van der Waals surface area contributed by atoms with E-state index < -0.39 is 10.0 Å². The molecule has 0 spiro atoms. The van der Waals surface area contributed by atoms with Gasteiger partial charge >= 0.3 is 0 Å². The second kappa shape index (κ2) is 5.25. The van der Waals surface area contributed by atoms with E-state index in [1.54, 1.807) is 12.1 Å². The Balaban J connectivity index is 3.07. The second-order valence-corrected chi connectivity index (χ2v) is 5.01. The topological polar surface area (TPSA) is 72.2 Å². The molecule has 0 heterocycles. The van der Waals surface area contributed by atoms with Gasteiger partial charge in [0, 0.05) is 0 Å². The van der Waals surface area contributed by atoms with Crippen molar-refractivity contribution < 1.29 is 8.42 Å². The third-order valence-electron chi connectivity index (χ3n) is 2.22. The standard InChI is InChI=1S/C10H16N2O2S/c1-2-3-6-9-7-4-5-8-10(9)15(13,14)12-11/h4-5,7-8,12H,2-3,6,11H2,1H3. The molecule has 84 valence electrons. The summed E-state index contributed by atoms with van der Waals surface area (Å²) >= 11 is 0. The minimum Gasteiger partial charge on any atom is -0.257 e. The number of hydrazine groups is 1. The van der Waals surface area contributed by atoms with E-state index in [0.717, 1.165) is 24.8 Å². The Bertz CT molecular complexity index is 415. The van der Waals surface area contributed by atoms with Crippen LogP contribution in [0.3, 0.4) is 0 Å². The molecule has 0 aliphatic rings. The lowest BCUT2D eigenvalue weighted by molar-refractivity contribution is 0.582. The van der Waals surface area contributed by atoms with Crippen LogP contribution in [0.2, 0.25) is 0 Å². The molecule has 15 heavy (non-hydrogen) atoms. The SMILES string of the molecule is CCCCc1ccccc1S(=O)(=O)NN. The third kappa shape index (κ3) is 3.02. The maximum atomic E-state index is 11.5. The largest absolute Gasteiger partial charge is 0.257 e. The summed E-state index contributed by atoms with van der Waals surface area (Å²) in [6.07, 6.45) is 2.76. The smallest absolute Gasteiger partial charge is 0.253 e. The first-order chi connectivity index (χ1) is 7.11. The van der Waals surface area contributed by atoms with Gasteiger partial charge in [-0.3, -0.25) is 5.84 Å². The van der Waals surface area contributed by atoms with Crippen molar-refractivity contribution in [3.8, 4) is 0 Å². The summed E-state index contributed by atoms with van der Waals surface area (Å²) in [5.41, 5.74) is 0.817.